The van der Waals surface area contributed by atoms with Crippen LogP contribution in [-0.4, -0.2) is 67.3 Å². The highest BCUT2D eigenvalue weighted by Gasteiger charge is 2.29. The van der Waals surface area contributed by atoms with E-state index in [2.05, 4.69) is 28.1 Å². The SMILES string of the molecule is CCC(=O)N[C@@H](CCNC(=O)OCC1c2ccccc2-c2ccccc21)C(=O)NCCCCC(CC)COC(=O)CCC(=O)O. The number of amides is 3. The number of alkyl carbamates (subject to hydrolysis) is 1. The summed E-state index contributed by atoms with van der Waals surface area (Å²) in [6.45, 7) is 4.67. The molecule has 2 aromatic carbocycles. The molecule has 4 N–H and O–H groups in total. The van der Waals surface area contributed by atoms with Crippen molar-refractivity contribution in [2.45, 2.75) is 77.2 Å². The number of unbranched alkanes of at least 4 members (excludes halogenated alkanes) is 1. The first-order valence-corrected chi connectivity index (χ1v) is 15.8. The van der Waals surface area contributed by atoms with Crippen LogP contribution in [0.25, 0.3) is 11.1 Å². The van der Waals surface area contributed by atoms with Crippen molar-refractivity contribution in [3.8, 4) is 11.1 Å². The van der Waals surface area contributed by atoms with Crippen molar-refractivity contribution in [3.05, 3.63) is 59.7 Å². The second-order valence-electron chi connectivity index (χ2n) is 11.2. The van der Waals surface area contributed by atoms with Gasteiger partial charge in [0.05, 0.1) is 19.4 Å². The van der Waals surface area contributed by atoms with Crippen LogP contribution in [0.1, 0.15) is 82.3 Å². The number of carbonyl (C=O) groups excluding carboxylic acids is 4. The van der Waals surface area contributed by atoms with E-state index >= 15 is 0 Å². The molecular formula is C34H45N3O8. The van der Waals surface area contributed by atoms with E-state index in [9.17, 15) is 24.0 Å². The molecule has 244 valence electrons. The Labute approximate surface area is 264 Å². The largest absolute Gasteiger partial charge is 0.481 e. The Morgan fingerprint density at radius 1 is 0.822 bits per heavy atom. The number of carboxylic acid groups (broad SMARTS) is 1. The minimum atomic E-state index is -1.04. The average molecular weight is 624 g/mol. The molecule has 0 heterocycles. The lowest BCUT2D eigenvalue weighted by Gasteiger charge is -2.19. The molecule has 0 radical (unpaired) electrons. The zero-order chi connectivity index (χ0) is 32.6. The third-order valence-corrected chi connectivity index (χ3v) is 7.96. The predicted molar refractivity (Wildman–Crippen MR) is 168 cm³/mol. The number of fused-ring (bicyclic) bond motifs is 3. The highest BCUT2D eigenvalue weighted by Crippen LogP contribution is 2.44. The van der Waals surface area contributed by atoms with Crippen LogP contribution in [0.2, 0.25) is 0 Å². The topological polar surface area (TPSA) is 160 Å². The molecule has 45 heavy (non-hydrogen) atoms. The number of carbonyl (C=O) groups is 5. The molecule has 1 aliphatic carbocycles. The number of rotatable bonds is 19. The minimum Gasteiger partial charge on any atom is -0.481 e. The zero-order valence-electron chi connectivity index (χ0n) is 26.1. The van der Waals surface area contributed by atoms with Crippen LogP contribution in [0, 0.1) is 5.92 Å². The molecule has 0 fully saturated rings. The number of carboxylic acids is 1. The first-order valence-electron chi connectivity index (χ1n) is 15.8. The summed E-state index contributed by atoms with van der Waals surface area (Å²) in [5.41, 5.74) is 4.52. The molecule has 0 saturated carbocycles. The Bertz CT molecular complexity index is 1270. The summed E-state index contributed by atoms with van der Waals surface area (Å²) in [6.07, 6.45) is 2.53. The zero-order valence-corrected chi connectivity index (χ0v) is 26.1. The highest BCUT2D eigenvalue weighted by molar-refractivity contribution is 5.87. The lowest BCUT2D eigenvalue weighted by atomic mass is 9.98. The number of hydrogen-bond donors (Lipinski definition) is 4. The van der Waals surface area contributed by atoms with Gasteiger partial charge < -0.3 is 30.5 Å². The predicted octanol–water partition coefficient (Wildman–Crippen LogP) is 4.53. The van der Waals surface area contributed by atoms with Gasteiger partial charge in [0.15, 0.2) is 0 Å². The van der Waals surface area contributed by atoms with E-state index in [4.69, 9.17) is 14.6 Å². The molecule has 2 aromatic rings. The Morgan fingerprint density at radius 2 is 1.49 bits per heavy atom. The van der Waals surface area contributed by atoms with E-state index in [0.29, 0.717) is 13.0 Å². The molecule has 3 amide bonds. The molecule has 0 saturated heterocycles. The maximum Gasteiger partial charge on any atom is 0.407 e. The number of nitrogens with one attached hydrogen (secondary N) is 3. The molecule has 0 spiro atoms. The normalized spacial score (nSPS) is 13.1. The molecule has 1 unspecified atom stereocenters. The van der Waals surface area contributed by atoms with Gasteiger partial charge in [-0.05, 0) is 47.4 Å². The van der Waals surface area contributed by atoms with E-state index in [-0.39, 0.29) is 69.1 Å². The summed E-state index contributed by atoms with van der Waals surface area (Å²) in [7, 11) is 0. The average Bonchev–Trinajstić information content (AvgIpc) is 3.36. The standard InChI is InChI=1S/C34H45N3O8/c1-3-23(21-44-32(41)17-16-31(39)40)11-9-10-19-35-33(42)29(37-30(38)4-2)18-20-36-34(43)45-22-28-26-14-7-5-12-24(26)25-13-6-8-15-27(25)28/h5-8,12-15,23,28-29H,3-4,9-11,16-22H2,1-2H3,(H,35,42)(H,36,43)(H,37,38)(H,39,40)/t23?,29-/m0/s1. The smallest absolute Gasteiger partial charge is 0.407 e. The summed E-state index contributed by atoms with van der Waals surface area (Å²) >= 11 is 0. The molecule has 11 nitrogen and oxygen atoms in total. The molecule has 0 aliphatic heterocycles. The molecule has 11 heteroatoms. The Hall–Kier alpha value is -4.41. The second-order valence-corrected chi connectivity index (χ2v) is 11.2. The molecular weight excluding hydrogens is 578 g/mol. The van der Waals surface area contributed by atoms with Crippen LogP contribution in [0.15, 0.2) is 48.5 Å². The highest BCUT2D eigenvalue weighted by atomic mass is 16.5. The molecule has 3 rings (SSSR count). The van der Waals surface area contributed by atoms with Crippen molar-refractivity contribution in [1.29, 1.82) is 0 Å². The summed E-state index contributed by atoms with van der Waals surface area (Å²) in [6, 6.07) is 15.4. The van der Waals surface area contributed by atoms with Crippen molar-refractivity contribution in [1.82, 2.24) is 16.0 Å². The van der Waals surface area contributed by atoms with Gasteiger partial charge in [-0.25, -0.2) is 4.79 Å². The lowest BCUT2D eigenvalue weighted by Crippen LogP contribution is -2.48. The van der Waals surface area contributed by atoms with Gasteiger partial charge in [-0.3, -0.25) is 19.2 Å². The third-order valence-electron chi connectivity index (χ3n) is 7.96. The second kappa shape index (κ2) is 18.4. The van der Waals surface area contributed by atoms with Gasteiger partial charge in [0.25, 0.3) is 0 Å². The number of benzene rings is 2. The summed E-state index contributed by atoms with van der Waals surface area (Å²) in [4.78, 5) is 59.8. The molecule has 0 bridgehead atoms. The monoisotopic (exact) mass is 623 g/mol. The van der Waals surface area contributed by atoms with E-state index in [1.165, 1.54) is 0 Å². The van der Waals surface area contributed by atoms with Crippen molar-refractivity contribution >= 4 is 29.8 Å². The number of hydrogen-bond acceptors (Lipinski definition) is 7. The minimum absolute atomic E-state index is 0.0584. The summed E-state index contributed by atoms with van der Waals surface area (Å²) in [5, 5.41) is 17.0. The van der Waals surface area contributed by atoms with Gasteiger partial charge in [-0.2, -0.15) is 0 Å². The third kappa shape index (κ3) is 11.2. The van der Waals surface area contributed by atoms with Gasteiger partial charge >= 0.3 is 18.0 Å². The molecule has 1 aliphatic rings. The fourth-order valence-corrected chi connectivity index (χ4v) is 5.32. The van der Waals surface area contributed by atoms with Crippen molar-refractivity contribution < 1.29 is 38.6 Å². The van der Waals surface area contributed by atoms with Gasteiger partial charge in [0, 0.05) is 25.4 Å². The number of esters is 1. The van der Waals surface area contributed by atoms with E-state index in [1.54, 1.807) is 6.92 Å². The maximum atomic E-state index is 12.9. The van der Waals surface area contributed by atoms with E-state index in [1.807, 2.05) is 43.3 Å². The van der Waals surface area contributed by atoms with E-state index in [0.717, 1.165) is 41.5 Å². The summed E-state index contributed by atoms with van der Waals surface area (Å²) in [5.74, 6) is -2.06. The van der Waals surface area contributed by atoms with Crippen molar-refractivity contribution in [2.24, 2.45) is 5.92 Å². The Kier molecular flexibility index (Phi) is 14.3. The first-order chi connectivity index (χ1) is 21.7. The molecule has 2 atom stereocenters. The van der Waals surface area contributed by atoms with Crippen LogP contribution in [0.3, 0.4) is 0 Å². The van der Waals surface area contributed by atoms with Crippen LogP contribution < -0.4 is 16.0 Å². The first kappa shape index (κ1) is 35.1. The lowest BCUT2D eigenvalue weighted by molar-refractivity contribution is -0.148. The van der Waals surface area contributed by atoms with Crippen molar-refractivity contribution in [3.63, 3.8) is 0 Å². The quantitative estimate of drug-likeness (QED) is 0.131. The fourth-order valence-electron chi connectivity index (χ4n) is 5.32. The maximum absolute atomic E-state index is 12.9. The van der Waals surface area contributed by atoms with Crippen LogP contribution in [0.4, 0.5) is 4.79 Å². The Morgan fingerprint density at radius 3 is 2.11 bits per heavy atom. The van der Waals surface area contributed by atoms with Crippen molar-refractivity contribution in [2.75, 3.05) is 26.3 Å². The molecule has 0 aromatic heterocycles. The van der Waals surface area contributed by atoms with E-state index < -0.39 is 24.1 Å². The fraction of sp³-hybridized carbons (Fsp3) is 0.500. The number of aliphatic carboxylic acids is 1. The van der Waals surface area contributed by atoms with Crippen LogP contribution >= 0.6 is 0 Å². The van der Waals surface area contributed by atoms with Gasteiger partial charge in [0.1, 0.15) is 12.6 Å². The Balaban J connectivity index is 1.38. The summed E-state index contributed by atoms with van der Waals surface area (Å²) < 4.78 is 10.8. The van der Waals surface area contributed by atoms with Crippen LogP contribution in [-0.2, 0) is 28.7 Å². The number of ether oxygens (including phenoxy) is 2. The van der Waals surface area contributed by atoms with Gasteiger partial charge in [-0.15, -0.1) is 0 Å². The van der Waals surface area contributed by atoms with Gasteiger partial charge in [0.2, 0.25) is 11.8 Å². The van der Waals surface area contributed by atoms with Crippen LogP contribution in [0.5, 0.6) is 0 Å². The van der Waals surface area contributed by atoms with Gasteiger partial charge in [-0.1, -0.05) is 75.2 Å².